The Labute approximate surface area is 244 Å². The highest BCUT2D eigenvalue weighted by molar-refractivity contribution is 6.33. The fraction of sp³-hybridized carbons (Fsp3) is 0.0556. The van der Waals surface area contributed by atoms with Crippen molar-refractivity contribution >= 4 is 33.9 Å². The molecule has 0 N–H and O–H groups in total. The number of hydrogen-bond donors (Lipinski definition) is 0. The van der Waals surface area contributed by atoms with Crippen LogP contribution in [0.2, 0.25) is 0 Å². The quantitative estimate of drug-likeness (QED) is 0.268. The van der Waals surface area contributed by atoms with Crippen molar-refractivity contribution in [2.24, 2.45) is 9.98 Å². The highest BCUT2D eigenvalue weighted by Gasteiger charge is 2.29. The van der Waals surface area contributed by atoms with Gasteiger partial charge < -0.3 is 0 Å². The molecule has 0 saturated carbocycles. The van der Waals surface area contributed by atoms with Crippen LogP contribution in [0.15, 0.2) is 143 Å². The van der Waals surface area contributed by atoms with Gasteiger partial charge in [-0.25, -0.2) is 0 Å². The number of nitrogens with zero attached hydrogens (tertiary/aromatic N) is 2. The summed E-state index contributed by atoms with van der Waals surface area (Å²) in [6, 6.07) is 5.63. The zero-order valence-electron chi connectivity index (χ0n) is 35.5. The highest BCUT2D eigenvalue weighted by Crippen LogP contribution is 2.43. The highest BCUT2D eigenvalue weighted by atomic mass is 14.8. The molecule has 0 saturated heterocycles. The number of para-hydroxylation sites is 2. The van der Waals surface area contributed by atoms with E-state index < -0.39 is 96.4 Å². The van der Waals surface area contributed by atoms with E-state index in [1.165, 1.54) is 0 Å². The van der Waals surface area contributed by atoms with Gasteiger partial charge in [0, 0.05) is 36.8 Å². The summed E-state index contributed by atoms with van der Waals surface area (Å²) in [7, 11) is 0. The summed E-state index contributed by atoms with van der Waals surface area (Å²) in [5, 5.41) is 0. The van der Waals surface area contributed by atoms with Crippen molar-refractivity contribution in [1.82, 2.24) is 0 Å². The molecule has 2 nitrogen and oxygen atoms in total. The number of rotatable bonds is 3. The van der Waals surface area contributed by atoms with E-state index in [2.05, 4.69) is 9.98 Å². The SMILES string of the molecule is [2H]C1=C2C(=Nc3c([2H])c([2H])c([2H])c([2H])c32)C([2H])(c2ccc(-c3ccc(C4([2H])C5=Nc6c([2H])c([2H])c([2H])c([2H])c6C5=C([2H])C([2H])=C4[2H])cc3)cc2)C([2H])=C1[2H]. The molecule has 0 fully saturated rings. The number of hydrogen-bond acceptors (Lipinski definition) is 2. The zero-order chi connectivity index (χ0) is 39.1. The topological polar surface area (TPSA) is 24.7 Å². The van der Waals surface area contributed by atoms with E-state index in [1.54, 1.807) is 48.5 Å². The Morgan fingerprint density at radius 3 is 1.42 bits per heavy atom. The third-order valence-corrected chi connectivity index (χ3v) is 6.66. The Hall–Kier alpha value is -4.82. The first-order chi connectivity index (χ1) is 25.4. The van der Waals surface area contributed by atoms with Gasteiger partial charge in [-0.15, -0.1) is 0 Å². The predicted octanol–water partition coefficient (Wildman–Crippen LogP) is 9.00. The summed E-state index contributed by atoms with van der Waals surface area (Å²) in [4.78, 5) is 8.80. The standard InChI is InChI=1S/C36H24N2/c1-3-13-33-29(7-1)31-11-5-9-27(35(31)37-33)25-19-15-23(16-20-25)24-17-21-26(22-18-24)28-10-6-12-32-30-8-2-4-14-34(30)38-36(28)32/h1-22,27-28H/i1D,2D,3D,4D,5D,6D,7D,8D,9D,10D,11D,12D,13D,14D,27D,28D. The third kappa shape index (κ3) is 3.27. The van der Waals surface area contributed by atoms with E-state index in [1.807, 2.05) is 0 Å². The first-order valence-electron chi connectivity index (χ1n) is 19.8. The van der Waals surface area contributed by atoms with E-state index in [4.69, 9.17) is 19.2 Å². The smallest absolute Gasteiger partial charge is 0.0712 e. The number of allylic oxidation sites excluding steroid dienone is 8. The van der Waals surface area contributed by atoms with Gasteiger partial charge in [-0.2, -0.15) is 0 Å². The Balaban J connectivity index is 1.17. The van der Waals surface area contributed by atoms with Gasteiger partial charge in [-0.1, -0.05) is 121 Å². The van der Waals surface area contributed by atoms with Crippen LogP contribution in [0.4, 0.5) is 11.4 Å². The maximum atomic E-state index is 9.52. The van der Waals surface area contributed by atoms with Crippen LogP contribution in [0.25, 0.3) is 22.3 Å². The lowest BCUT2D eigenvalue weighted by Gasteiger charge is -2.19. The molecule has 4 aromatic carbocycles. The van der Waals surface area contributed by atoms with Gasteiger partial charge in [-0.3, -0.25) is 9.98 Å². The van der Waals surface area contributed by atoms with Gasteiger partial charge in [0.2, 0.25) is 0 Å². The van der Waals surface area contributed by atoms with Gasteiger partial charge in [-0.05, 0) is 34.3 Å². The summed E-state index contributed by atoms with van der Waals surface area (Å²) in [6.45, 7) is 0. The minimum atomic E-state index is -2.13. The van der Waals surface area contributed by atoms with Crippen molar-refractivity contribution in [3.05, 3.63) is 155 Å². The molecular formula is C36H24N2. The van der Waals surface area contributed by atoms with Crippen LogP contribution in [-0.2, 0) is 0 Å². The van der Waals surface area contributed by atoms with Crippen molar-refractivity contribution in [3.63, 3.8) is 0 Å². The Kier molecular flexibility index (Phi) is 2.39. The molecule has 0 amide bonds. The first-order valence-corrected chi connectivity index (χ1v) is 11.8. The van der Waals surface area contributed by atoms with Crippen LogP contribution in [0.1, 0.15) is 56.0 Å². The Bertz CT molecular complexity index is 2470. The van der Waals surface area contributed by atoms with Gasteiger partial charge in [0.15, 0.2) is 0 Å². The molecule has 2 aliphatic heterocycles. The molecule has 38 heavy (non-hydrogen) atoms. The molecule has 4 aliphatic rings. The van der Waals surface area contributed by atoms with Gasteiger partial charge in [0.1, 0.15) is 0 Å². The Morgan fingerprint density at radius 2 is 0.974 bits per heavy atom. The van der Waals surface area contributed by atoms with Crippen molar-refractivity contribution < 1.29 is 21.9 Å². The molecular weight excluding hydrogens is 460 g/mol. The second kappa shape index (κ2) is 8.36. The average Bonchev–Trinajstić information content (AvgIpc) is 3.79. The van der Waals surface area contributed by atoms with Crippen LogP contribution in [0.5, 0.6) is 0 Å². The van der Waals surface area contributed by atoms with Crippen molar-refractivity contribution in [1.29, 1.82) is 0 Å². The molecule has 0 bridgehead atoms. The minimum absolute atomic E-state index is 0.0866. The van der Waals surface area contributed by atoms with Gasteiger partial charge in [0.25, 0.3) is 0 Å². The first kappa shape index (κ1) is 10.9. The summed E-state index contributed by atoms with van der Waals surface area (Å²) < 4.78 is 137. The third-order valence-electron chi connectivity index (χ3n) is 6.66. The summed E-state index contributed by atoms with van der Waals surface area (Å²) >= 11 is 0. The molecule has 0 radical (unpaired) electrons. The molecule has 178 valence electrons. The number of benzene rings is 4. The van der Waals surface area contributed by atoms with Crippen LogP contribution >= 0.6 is 0 Å². The van der Waals surface area contributed by atoms with E-state index in [0.29, 0.717) is 11.1 Å². The molecule has 0 spiro atoms. The lowest BCUT2D eigenvalue weighted by Crippen LogP contribution is -2.12. The molecule has 2 heteroatoms. The summed E-state index contributed by atoms with van der Waals surface area (Å²) in [5.41, 5.74) is 0.655. The average molecular weight is 501 g/mol. The van der Waals surface area contributed by atoms with Crippen LogP contribution < -0.4 is 0 Å². The maximum absolute atomic E-state index is 9.52. The van der Waals surface area contributed by atoms with Gasteiger partial charge >= 0.3 is 0 Å². The lowest BCUT2D eigenvalue weighted by atomic mass is 9.83. The van der Waals surface area contributed by atoms with E-state index in [9.17, 15) is 2.74 Å². The summed E-state index contributed by atoms with van der Waals surface area (Å²) in [5.74, 6) is -4.27. The molecule has 2 unspecified atom stereocenters. The molecule has 2 heterocycles. The summed E-state index contributed by atoms with van der Waals surface area (Å²) in [6.07, 6.45) is 0. The number of aliphatic imine (C=N–C) groups is 2. The minimum Gasteiger partial charge on any atom is -0.251 e. The Morgan fingerprint density at radius 1 is 0.553 bits per heavy atom. The molecule has 8 rings (SSSR count). The maximum Gasteiger partial charge on any atom is 0.0712 e. The fourth-order valence-corrected chi connectivity index (χ4v) is 4.83. The van der Waals surface area contributed by atoms with Crippen molar-refractivity contribution in [2.45, 2.75) is 11.8 Å². The number of fused-ring (bicyclic) bond motifs is 6. The van der Waals surface area contributed by atoms with Crippen molar-refractivity contribution in [2.75, 3.05) is 0 Å². The van der Waals surface area contributed by atoms with E-state index in [0.717, 1.165) is 0 Å². The van der Waals surface area contributed by atoms with Crippen LogP contribution in [0.3, 0.4) is 0 Å². The van der Waals surface area contributed by atoms with Crippen molar-refractivity contribution in [3.8, 4) is 11.1 Å². The van der Waals surface area contributed by atoms with E-state index >= 15 is 0 Å². The largest absolute Gasteiger partial charge is 0.251 e. The second-order valence-corrected chi connectivity index (χ2v) is 8.77. The normalized spacial score (nSPS) is 31.4. The molecule has 4 aromatic rings. The molecule has 0 aromatic heterocycles. The van der Waals surface area contributed by atoms with Crippen LogP contribution in [0, 0.1) is 0 Å². The fourth-order valence-electron chi connectivity index (χ4n) is 4.83. The lowest BCUT2D eigenvalue weighted by molar-refractivity contribution is 1.14. The predicted molar refractivity (Wildman–Crippen MR) is 159 cm³/mol. The molecule has 2 atom stereocenters. The van der Waals surface area contributed by atoms with E-state index in [-0.39, 0.29) is 56.2 Å². The zero-order valence-corrected chi connectivity index (χ0v) is 19.5. The van der Waals surface area contributed by atoms with Gasteiger partial charge in [0.05, 0.1) is 42.0 Å². The molecule has 2 aliphatic carbocycles. The second-order valence-electron chi connectivity index (χ2n) is 8.77. The monoisotopic (exact) mass is 500 g/mol. The van der Waals surface area contributed by atoms with Crippen LogP contribution in [-0.4, -0.2) is 11.4 Å².